The van der Waals surface area contributed by atoms with Crippen molar-refractivity contribution in [1.29, 1.82) is 0 Å². The summed E-state index contributed by atoms with van der Waals surface area (Å²) in [7, 11) is 0. The molecule has 1 aliphatic rings. The number of furan rings is 1. The zero-order valence-corrected chi connectivity index (χ0v) is 11.7. The molecule has 0 saturated heterocycles. The topological polar surface area (TPSA) is 13.1 Å². The van der Waals surface area contributed by atoms with Gasteiger partial charge in [0.25, 0.3) is 0 Å². The number of hydrogen-bond donors (Lipinski definition) is 0. The minimum absolute atomic E-state index is 0.962. The van der Waals surface area contributed by atoms with Crippen molar-refractivity contribution >= 4 is 16.5 Å². The fourth-order valence-corrected chi connectivity index (χ4v) is 2.88. The molecular formula is C19H16O. The third-order valence-electron chi connectivity index (χ3n) is 3.96. The molecule has 0 radical (unpaired) electrons. The molecular weight excluding hydrogens is 244 g/mol. The van der Waals surface area contributed by atoms with Gasteiger partial charge in [0, 0.05) is 10.9 Å². The molecule has 20 heavy (non-hydrogen) atoms. The minimum Gasteiger partial charge on any atom is -0.461 e. The van der Waals surface area contributed by atoms with Crippen molar-refractivity contribution in [2.24, 2.45) is 0 Å². The van der Waals surface area contributed by atoms with Crippen LogP contribution in [0.5, 0.6) is 0 Å². The zero-order chi connectivity index (χ0) is 13.7. The van der Waals surface area contributed by atoms with Gasteiger partial charge in [-0.05, 0) is 48.6 Å². The number of hydrogen-bond acceptors (Lipinski definition) is 1. The normalized spacial score (nSPS) is 13.6. The second-order valence-corrected chi connectivity index (χ2v) is 5.54. The minimum atomic E-state index is 0.962. The molecule has 0 amide bonds. The Bertz CT molecular complexity index is 849. The van der Waals surface area contributed by atoms with Gasteiger partial charge in [-0.1, -0.05) is 42.5 Å². The first-order chi connectivity index (χ1) is 9.72. The highest BCUT2D eigenvalue weighted by molar-refractivity contribution is 5.93. The van der Waals surface area contributed by atoms with Crippen molar-refractivity contribution < 1.29 is 4.42 Å². The molecule has 2 aromatic carbocycles. The van der Waals surface area contributed by atoms with Gasteiger partial charge in [0.05, 0.1) is 0 Å². The number of rotatable bonds is 2. The third-order valence-corrected chi connectivity index (χ3v) is 3.96. The number of aryl methyl sites for hydroxylation is 2. The van der Waals surface area contributed by atoms with Crippen molar-refractivity contribution in [3.05, 3.63) is 65.4 Å². The van der Waals surface area contributed by atoms with Crippen LogP contribution >= 0.6 is 0 Å². The Labute approximate surface area is 118 Å². The molecule has 0 fully saturated rings. The molecule has 0 bridgehead atoms. The van der Waals surface area contributed by atoms with Crippen molar-refractivity contribution in [3.63, 3.8) is 0 Å². The highest BCUT2D eigenvalue weighted by Crippen LogP contribution is 2.36. The number of benzene rings is 2. The van der Waals surface area contributed by atoms with Crippen LogP contribution in [0.25, 0.3) is 27.7 Å². The van der Waals surface area contributed by atoms with E-state index in [2.05, 4.69) is 55.5 Å². The summed E-state index contributed by atoms with van der Waals surface area (Å²) >= 11 is 0. The van der Waals surface area contributed by atoms with Crippen molar-refractivity contribution in [1.82, 2.24) is 0 Å². The standard InChI is InChI=1S/C19H16O/c1-12-10-15(8-9-17(12)14-6-7-14)18-5-3-4-16-11-13(2)20-19(16)18/h3-6,8-11H,7H2,1-2H3. The van der Waals surface area contributed by atoms with Gasteiger partial charge in [-0.25, -0.2) is 0 Å². The lowest BCUT2D eigenvalue weighted by Gasteiger charge is -2.07. The van der Waals surface area contributed by atoms with Crippen LogP contribution in [0.4, 0.5) is 0 Å². The summed E-state index contributed by atoms with van der Waals surface area (Å²) in [5.74, 6) is 0.962. The molecule has 0 aliphatic heterocycles. The maximum absolute atomic E-state index is 5.87. The monoisotopic (exact) mass is 260 g/mol. The molecule has 98 valence electrons. The summed E-state index contributed by atoms with van der Waals surface area (Å²) in [5, 5.41) is 1.17. The molecule has 3 aromatic rings. The fourth-order valence-electron chi connectivity index (χ4n) is 2.88. The summed E-state index contributed by atoms with van der Waals surface area (Å²) in [6.07, 6.45) is 3.42. The van der Waals surface area contributed by atoms with Crippen molar-refractivity contribution in [2.45, 2.75) is 20.3 Å². The molecule has 0 saturated carbocycles. The van der Waals surface area contributed by atoms with Gasteiger partial charge in [-0.2, -0.15) is 0 Å². The molecule has 4 rings (SSSR count). The fraction of sp³-hybridized carbons (Fsp3) is 0.158. The highest BCUT2D eigenvalue weighted by Gasteiger charge is 2.14. The number of para-hydroxylation sites is 1. The smallest absolute Gasteiger partial charge is 0.142 e. The number of fused-ring (bicyclic) bond motifs is 1. The van der Waals surface area contributed by atoms with Crippen molar-refractivity contribution in [3.8, 4) is 11.1 Å². The molecule has 0 unspecified atom stereocenters. The van der Waals surface area contributed by atoms with E-state index in [1.807, 2.05) is 6.92 Å². The molecule has 1 aromatic heterocycles. The van der Waals surface area contributed by atoms with Gasteiger partial charge < -0.3 is 4.42 Å². The largest absolute Gasteiger partial charge is 0.461 e. The van der Waals surface area contributed by atoms with E-state index in [0.29, 0.717) is 0 Å². The first-order valence-electron chi connectivity index (χ1n) is 7.02. The molecule has 1 aliphatic carbocycles. The van der Waals surface area contributed by atoms with Crippen LogP contribution in [-0.2, 0) is 0 Å². The molecule has 0 N–H and O–H groups in total. The maximum atomic E-state index is 5.87. The lowest BCUT2D eigenvalue weighted by Crippen LogP contribution is -1.85. The lowest BCUT2D eigenvalue weighted by atomic mass is 9.97. The Morgan fingerprint density at radius 3 is 2.55 bits per heavy atom. The predicted molar refractivity (Wildman–Crippen MR) is 83.7 cm³/mol. The van der Waals surface area contributed by atoms with Gasteiger partial charge in [0.2, 0.25) is 0 Å². The van der Waals surface area contributed by atoms with Gasteiger partial charge in [0.15, 0.2) is 0 Å². The molecule has 0 atom stereocenters. The zero-order valence-electron chi connectivity index (χ0n) is 11.7. The molecule has 0 spiro atoms. The molecule has 1 heteroatoms. The van der Waals surface area contributed by atoms with E-state index in [1.54, 1.807) is 0 Å². The van der Waals surface area contributed by atoms with Gasteiger partial charge >= 0.3 is 0 Å². The van der Waals surface area contributed by atoms with E-state index in [1.165, 1.54) is 33.2 Å². The first-order valence-corrected chi connectivity index (χ1v) is 7.02. The summed E-state index contributed by atoms with van der Waals surface area (Å²) in [5.41, 5.74) is 7.59. The summed E-state index contributed by atoms with van der Waals surface area (Å²) in [4.78, 5) is 0. The van der Waals surface area contributed by atoms with E-state index in [0.717, 1.165) is 17.8 Å². The van der Waals surface area contributed by atoms with Crippen molar-refractivity contribution in [2.75, 3.05) is 0 Å². The average Bonchev–Trinajstić information content (AvgIpc) is 3.18. The highest BCUT2D eigenvalue weighted by atomic mass is 16.3. The van der Waals surface area contributed by atoms with E-state index in [4.69, 9.17) is 4.42 Å². The second-order valence-electron chi connectivity index (χ2n) is 5.54. The first kappa shape index (κ1) is 11.5. The van der Waals surface area contributed by atoms with Crippen LogP contribution in [0, 0.1) is 13.8 Å². The van der Waals surface area contributed by atoms with Gasteiger partial charge in [-0.3, -0.25) is 0 Å². The quantitative estimate of drug-likeness (QED) is 0.592. The average molecular weight is 260 g/mol. The SMILES string of the molecule is Cc1cc2cccc(-c3ccc(C4=CC4)c(C)c3)c2o1. The molecule has 1 nitrogen and oxygen atoms in total. The van der Waals surface area contributed by atoms with E-state index < -0.39 is 0 Å². The van der Waals surface area contributed by atoms with Gasteiger partial charge in [0.1, 0.15) is 11.3 Å². The summed E-state index contributed by atoms with van der Waals surface area (Å²) < 4.78 is 5.87. The lowest BCUT2D eigenvalue weighted by molar-refractivity contribution is 0.579. The van der Waals surface area contributed by atoms with E-state index in [9.17, 15) is 0 Å². The Kier molecular flexibility index (Phi) is 2.37. The Balaban J connectivity index is 1.90. The Morgan fingerprint density at radius 2 is 1.80 bits per heavy atom. The molecule has 1 heterocycles. The second kappa shape index (κ2) is 4.11. The van der Waals surface area contributed by atoms with E-state index in [-0.39, 0.29) is 0 Å². The predicted octanol–water partition coefficient (Wildman–Crippen LogP) is 5.50. The van der Waals surface area contributed by atoms with Crippen LogP contribution in [0.3, 0.4) is 0 Å². The third kappa shape index (κ3) is 1.78. The maximum Gasteiger partial charge on any atom is 0.142 e. The summed E-state index contributed by atoms with van der Waals surface area (Å²) in [6.45, 7) is 4.18. The van der Waals surface area contributed by atoms with Crippen LogP contribution in [0.15, 0.2) is 53.0 Å². The number of allylic oxidation sites excluding steroid dienone is 2. The van der Waals surface area contributed by atoms with Crippen LogP contribution in [-0.4, -0.2) is 0 Å². The van der Waals surface area contributed by atoms with Crippen LogP contribution in [0.1, 0.15) is 23.3 Å². The summed E-state index contributed by atoms with van der Waals surface area (Å²) in [6, 6.07) is 15.1. The Morgan fingerprint density at radius 1 is 0.950 bits per heavy atom. The van der Waals surface area contributed by atoms with E-state index >= 15 is 0 Å². The van der Waals surface area contributed by atoms with Crippen LogP contribution in [0.2, 0.25) is 0 Å². The van der Waals surface area contributed by atoms with Gasteiger partial charge in [-0.15, -0.1) is 0 Å². The Hall–Kier alpha value is -2.28. The van der Waals surface area contributed by atoms with Crippen LogP contribution < -0.4 is 0 Å².